The highest BCUT2D eigenvalue weighted by atomic mass is 16.2. The van der Waals surface area contributed by atoms with Gasteiger partial charge in [-0.3, -0.25) is 9.78 Å². The van der Waals surface area contributed by atoms with Gasteiger partial charge in [-0.1, -0.05) is 6.07 Å². The molecule has 0 radical (unpaired) electrons. The molecule has 1 fully saturated rings. The third-order valence-electron chi connectivity index (χ3n) is 4.52. The van der Waals surface area contributed by atoms with Crippen molar-refractivity contribution in [1.82, 2.24) is 19.4 Å². The minimum Gasteiger partial charge on any atom is -0.336 e. The predicted octanol–water partition coefficient (Wildman–Crippen LogP) is 2.95. The van der Waals surface area contributed by atoms with Gasteiger partial charge in [-0.15, -0.1) is 0 Å². The van der Waals surface area contributed by atoms with Crippen molar-refractivity contribution in [2.24, 2.45) is 7.05 Å². The minimum atomic E-state index is -0.000506. The second-order valence-corrected chi connectivity index (χ2v) is 5.98. The van der Waals surface area contributed by atoms with Crippen LogP contribution in [0.5, 0.6) is 0 Å². The van der Waals surface area contributed by atoms with Crippen LogP contribution in [0.25, 0.3) is 11.0 Å². The second-order valence-electron chi connectivity index (χ2n) is 5.98. The van der Waals surface area contributed by atoms with Gasteiger partial charge in [0.05, 0.1) is 6.04 Å². The summed E-state index contributed by atoms with van der Waals surface area (Å²) in [6.07, 6.45) is 7.56. The molecule has 1 unspecified atom stereocenters. The van der Waals surface area contributed by atoms with E-state index in [-0.39, 0.29) is 11.9 Å². The molecule has 1 saturated heterocycles. The van der Waals surface area contributed by atoms with Gasteiger partial charge in [0.15, 0.2) is 0 Å². The fraction of sp³-hybridized carbons (Fsp3) is 0.278. The van der Waals surface area contributed by atoms with Crippen molar-refractivity contribution in [3.63, 3.8) is 0 Å². The van der Waals surface area contributed by atoms with Crippen LogP contribution in [0, 0.1) is 0 Å². The Hall–Kier alpha value is -2.69. The third kappa shape index (κ3) is 2.38. The average molecular weight is 306 g/mol. The lowest BCUT2D eigenvalue weighted by Crippen LogP contribution is -2.31. The number of fused-ring (bicyclic) bond motifs is 1. The summed E-state index contributed by atoms with van der Waals surface area (Å²) >= 11 is 0. The van der Waals surface area contributed by atoms with Gasteiger partial charge in [-0.2, -0.15) is 0 Å². The zero-order chi connectivity index (χ0) is 15.8. The van der Waals surface area contributed by atoms with E-state index in [0.29, 0.717) is 5.69 Å². The number of nitrogens with zero attached hydrogens (tertiary/aromatic N) is 4. The van der Waals surface area contributed by atoms with Gasteiger partial charge < -0.3 is 9.47 Å². The number of carbonyl (C=O) groups excluding carboxylic acids is 1. The molecule has 3 aromatic rings. The standard InChI is InChI=1S/C18H18N4O/c1-21-11-8-13-6-7-15(20-17(13)21)18(23)22-10-3-5-16(22)14-4-2-9-19-12-14/h2,4,6-9,11-12,16H,3,5,10H2,1H3. The number of hydrogen-bond acceptors (Lipinski definition) is 3. The van der Waals surface area contributed by atoms with Crippen LogP contribution in [0.3, 0.4) is 0 Å². The van der Waals surface area contributed by atoms with E-state index in [0.717, 1.165) is 36.0 Å². The van der Waals surface area contributed by atoms with Crippen molar-refractivity contribution in [2.45, 2.75) is 18.9 Å². The molecule has 23 heavy (non-hydrogen) atoms. The van der Waals surface area contributed by atoms with Crippen molar-refractivity contribution in [3.8, 4) is 0 Å². The normalized spacial score (nSPS) is 17.8. The number of aromatic nitrogens is 3. The Kier molecular flexibility index (Phi) is 3.33. The van der Waals surface area contributed by atoms with Gasteiger partial charge in [-0.05, 0) is 42.7 Å². The minimum absolute atomic E-state index is 0.000506. The maximum absolute atomic E-state index is 12.9. The number of rotatable bonds is 2. The first-order valence-corrected chi connectivity index (χ1v) is 7.87. The molecule has 5 heteroatoms. The van der Waals surface area contributed by atoms with Crippen LogP contribution >= 0.6 is 0 Å². The molecule has 0 aromatic carbocycles. The van der Waals surface area contributed by atoms with Crippen LogP contribution in [0.4, 0.5) is 0 Å². The third-order valence-corrected chi connectivity index (χ3v) is 4.52. The van der Waals surface area contributed by atoms with Crippen LogP contribution < -0.4 is 0 Å². The van der Waals surface area contributed by atoms with Crippen molar-refractivity contribution < 1.29 is 4.79 Å². The lowest BCUT2D eigenvalue weighted by molar-refractivity contribution is 0.0730. The van der Waals surface area contributed by atoms with Gasteiger partial charge in [0.25, 0.3) is 5.91 Å². The highest BCUT2D eigenvalue weighted by Gasteiger charge is 2.31. The topological polar surface area (TPSA) is 51.0 Å². The fourth-order valence-electron chi connectivity index (χ4n) is 3.33. The van der Waals surface area contributed by atoms with Gasteiger partial charge >= 0.3 is 0 Å². The Balaban J connectivity index is 1.68. The lowest BCUT2D eigenvalue weighted by atomic mass is 10.1. The lowest BCUT2D eigenvalue weighted by Gasteiger charge is -2.24. The highest BCUT2D eigenvalue weighted by Crippen LogP contribution is 2.32. The van der Waals surface area contributed by atoms with Gasteiger partial charge in [0, 0.05) is 37.6 Å². The van der Waals surface area contributed by atoms with E-state index in [2.05, 4.69) is 9.97 Å². The molecule has 4 heterocycles. The maximum Gasteiger partial charge on any atom is 0.273 e. The number of likely N-dealkylation sites (tertiary alicyclic amines) is 1. The number of carbonyl (C=O) groups is 1. The summed E-state index contributed by atoms with van der Waals surface area (Å²) in [4.78, 5) is 23.6. The first-order valence-electron chi connectivity index (χ1n) is 7.87. The second kappa shape index (κ2) is 5.50. The van der Waals surface area contributed by atoms with Crippen molar-refractivity contribution in [3.05, 3.63) is 60.2 Å². The van der Waals surface area contributed by atoms with Gasteiger partial charge in [-0.25, -0.2) is 4.98 Å². The van der Waals surface area contributed by atoms with E-state index in [4.69, 9.17) is 0 Å². The molecular formula is C18H18N4O. The van der Waals surface area contributed by atoms with E-state index in [9.17, 15) is 4.79 Å². The fourth-order valence-corrected chi connectivity index (χ4v) is 3.33. The van der Waals surface area contributed by atoms with E-state index in [1.807, 2.05) is 59.2 Å². The SMILES string of the molecule is Cn1ccc2ccc(C(=O)N3CCCC3c3cccnc3)nc21. The molecular weight excluding hydrogens is 288 g/mol. The first-order chi connectivity index (χ1) is 11.2. The van der Waals surface area contributed by atoms with E-state index < -0.39 is 0 Å². The first kappa shape index (κ1) is 13.9. The molecule has 0 aliphatic carbocycles. The summed E-state index contributed by atoms with van der Waals surface area (Å²) in [5, 5.41) is 1.05. The van der Waals surface area contributed by atoms with Gasteiger partial charge in [0.1, 0.15) is 11.3 Å². The summed E-state index contributed by atoms with van der Waals surface area (Å²) in [7, 11) is 1.94. The quantitative estimate of drug-likeness (QED) is 0.731. The molecule has 5 nitrogen and oxygen atoms in total. The zero-order valence-corrected chi connectivity index (χ0v) is 13.0. The van der Waals surface area contributed by atoms with Gasteiger partial charge in [0.2, 0.25) is 0 Å². The van der Waals surface area contributed by atoms with Crippen LogP contribution in [0.1, 0.15) is 34.9 Å². The predicted molar refractivity (Wildman–Crippen MR) is 88.0 cm³/mol. The number of pyridine rings is 2. The van der Waals surface area contributed by atoms with Crippen LogP contribution in [-0.2, 0) is 7.05 Å². The highest BCUT2D eigenvalue weighted by molar-refractivity contribution is 5.95. The Morgan fingerprint density at radius 1 is 1.26 bits per heavy atom. The van der Waals surface area contributed by atoms with E-state index >= 15 is 0 Å². The molecule has 4 rings (SSSR count). The van der Waals surface area contributed by atoms with Crippen molar-refractivity contribution >= 4 is 16.9 Å². The molecule has 1 atom stereocenters. The van der Waals surface area contributed by atoms with E-state index in [1.54, 1.807) is 6.20 Å². The molecule has 116 valence electrons. The van der Waals surface area contributed by atoms with Crippen LogP contribution in [0.2, 0.25) is 0 Å². The number of aryl methyl sites for hydroxylation is 1. The molecule has 1 aliphatic heterocycles. The smallest absolute Gasteiger partial charge is 0.273 e. The summed E-state index contributed by atoms with van der Waals surface area (Å²) in [6.45, 7) is 0.769. The molecule has 0 N–H and O–H groups in total. The monoisotopic (exact) mass is 306 g/mol. The summed E-state index contributed by atoms with van der Waals surface area (Å²) in [5.74, 6) is -0.000506. The molecule has 0 bridgehead atoms. The number of amides is 1. The van der Waals surface area contributed by atoms with Crippen molar-refractivity contribution in [1.29, 1.82) is 0 Å². The molecule has 1 amide bonds. The average Bonchev–Trinajstić information content (AvgIpc) is 3.22. The Morgan fingerprint density at radius 3 is 3.00 bits per heavy atom. The summed E-state index contributed by atoms with van der Waals surface area (Å²) in [5.41, 5.74) is 2.45. The summed E-state index contributed by atoms with van der Waals surface area (Å²) < 4.78 is 1.94. The largest absolute Gasteiger partial charge is 0.336 e. The summed E-state index contributed by atoms with van der Waals surface area (Å²) in [6, 6.07) is 9.85. The Bertz CT molecular complexity index is 856. The number of hydrogen-bond donors (Lipinski definition) is 0. The molecule has 3 aromatic heterocycles. The van der Waals surface area contributed by atoms with Crippen molar-refractivity contribution in [2.75, 3.05) is 6.54 Å². The van der Waals surface area contributed by atoms with E-state index in [1.165, 1.54) is 0 Å². The Morgan fingerprint density at radius 2 is 2.17 bits per heavy atom. The molecule has 0 saturated carbocycles. The van der Waals surface area contributed by atoms with Crippen LogP contribution in [-0.4, -0.2) is 31.9 Å². The Labute approximate surface area is 134 Å². The molecule has 0 spiro atoms. The molecule has 1 aliphatic rings. The maximum atomic E-state index is 12.9. The zero-order valence-electron chi connectivity index (χ0n) is 13.0. The van der Waals surface area contributed by atoms with Crippen LogP contribution in [0.15, 0.2) is 48.9 Å².